The molecule has 7 aromatic carbocycles. The number of benzene rings is 7. The maximum atomic E-state index is 6.43. The van der Waals surface area contributed by atoms with E-state index in [1.807, 2.05) is 12.1 Å². The summed E-state index contributed by atoms with van der Waals surface area (Å²) in [5.74, 6) is 1.77. The van der Waals surface area contributed by atoms with Crippen LogP contribution in [0.4, 0.5) is 0 Å². The molecule has 3 heterocycles. The van der Waals surface area contributed by atoms with Crippen molar-refractivity contribution in [3.8, 4) is 34.0 Å². The molecule has 0 saturated heterocycles. The smallest absolute Gasteiger partial charge is 0.152 e. The van der Waals surface area contributed by atoms with E-state index >= 15 is 0 Å². The molecular formula is C40H24N2O. The number of aromatic nitrogens is 2. The van der Waals surface area contributed by atoms with Crippen molar-refractivity contribution in [2.45, 2.75) is 0 Å². The number of rotatable bonds is 2. The van der Waals surface area contributed by atoms with Gasteiger partial charge in [0.2, 0.25) is 0 Å². The van der Waals surface area contributed by atoms with E-state index in [1.165, 1.54) is 60.0 Å². The summed E-state index contributed by atoms with van der Waals surface area (Å²) in [5, 5.41) is 7.58. The number of hydrogen-bond donors (Lipinski definition) is 0. The van der Waals surface area contributed by atoms with E-state index in [2.05, 4.69) is 143 Å². The second-order valence-corrected chi connectivity index (χ2v) is 11.3. The van der Waals surface area contributed by atoms with Crippen LogP contribution in [0.5, 0.6) is 11.5 Å². The molecule has 3 heteroatoms. The molecule has 0 radical (unpaired) electrons. The maximum Gasteiger partial charge on any atom is 0.152 e. The normalized spacial score (nSPS) is 12.4. The van der Waals surface area contributed by atoms with E-state index in [0.717, 1.165) is 28.4 Å². The van der Waals surface area contributed by atoms with Crippen molar-refractivity contribution in [3.63, 3.8) is 0 Å². The first-order valence-electron chi connectivity index (χ1n) is 14.7. The Kier molecular flexibility index (Phi) is 4.45. The number of nitrogens with zero attached hydrogens (tertiary/aromatic N) is 2. The summed E-state index contributed by atoms with van der Waals surface area (Å²) in [6.07, 6.45) is 0. The van der Waals surface area contributed by atoms with Gasteiger partial charge in [-0.1, -0.05) is 91.0 Å². The van der Waals surface area contributed by atoms with Crippen molar-refractivity contribution in [3.05, 3.63) is 146 Å². The van der Waals surface area contributed by atoms with Crippen LogP contribution in [-0.4, -0.2) is 9.13 Å². The summed E-state index contributed by atoms with van der Waals surface area (Å²) in [5.41, 5.74) is 9.37. The fourth-order valence-electron chi connectivity index (χ4n) is 7.29. The van der Waals surface area contributed by atoms with Gasteiger partial charge in [-0.2, -0.15) is 0 Å². The summed E-state index contributed by atoms with van der Waals surface area (Å²) in [6, 6.07) is 52.3. The molecule has 43 heavy (non-hydrogen) atoms. The van der Waals surface area contributed by atoms with Gasteiger partial charge >= 0.3 is 0 Å². The van der Waals surface area contributed by atoms with Crippen LogP contribution in [0.2, 0.25) is 0 Å². The fraction of sp³-hybridized carbons (Fsp3) is 0. The van der Waals surface area contributed by atoms with E-state index < -0.39 is 0 Å². The van der Waals surface area contributed by atoms with Gasteiger partial charge < -0.3 is 13.9 Å². The SMILES string of the molecule is c1ccc2c(c1)Oc1ccc(-c3ccc(-n4c5ccccc5c5c6ccccc6ccc54)cc3)c3c4ccccc4n-2c13. The molecule has 0 spiro atoms. The third kappa shape index (κ3) is 3.03. The highest BCUT2D eigenvalue weighted by atomic mass is 16.5. The molecular weight excluding hydrogens is 524 g/mol. The van der Waals surface area contributed by atoms with E-state index in [1.54, 1.807) is 0 Å². The predicted octanol–water partition coefficient (Wildman–Crippen LogP) is 10.8. The quantitative estimate of drug-likeness (QED) is 0.210. The Morgan fingerprint density at radius 2 is 1.09 bits per heavy atom. The van der Waals surface area contributed by atoms with E-state index in [4.69, 9.17) is 4.74 Å². The molecule has 0 aliphatic carbocycles. The lowest BCUT2D eigenvalue weighted by molar-refractivity contribution is 0.476. The van der Waals surface area contributed by atoms with Crippen LogP contribution in [0.3, 0.4) is 0 Å². The summed E-state index contributed by atoms with van der Waals surface area (Å²) in [6.45, 7) is 0. The topological polar surface area (TPSA) is 19.1 Å². The van der Waals surface area contributed by atoms with Gasteiger partial charge in [-0.15, -0.1) is 0 Å². The zero-order chi connectivity index (χ0) is 28.1. The molecule has 1 aliphatic heterocycles. The summed E-state index contributed by atoms with van der Waals surface area (Å²) < 4.78 is 11.2. The molecule has 10 rings (SSSR count). The standard InChI is InChI=1S/C40H24N2O/c1-2-10-28-25(9-1)19-23-35-38(28)30-11-3-5-13-32(30)41(35)27-20-17-26(18-21-27)29-22-24-37-40-39(29)31-12-4-6-14-33(31)42(40)34-15-7-8-16-36(34)43-37/h1-24H. The Labute approximate surface area is 247 Å². The monoisotopic (exact) mass is 548 g/mol. The van der Waals surface area contributed by atoms with Crippen molar-refractivity contribution in [2.24, 2.45) is 0 Å². The molecule has 0 N–H and O–H groups in total. The fourth-order valence-corrected chi connectivity index (χ4v) is 7.29. The van der Waals surface area contributed by atoms with Gasteiger partial charge in [-0.05, 0) is 76.5 Å². The van der Waals surface area contributed by atoms with E-state index in [-0.39, 0.29) is 0 Å². The minimum atomic E-state index is 0.883. The molecule has 3 nitrogen and oxygen atoms in total. The first kappa shape index (κ1) is 22.8. The number of para-hydroxylation sites is 4. The molecule has 1 aliphatic rings. The Morgan fingerprint density at radius 3 is 1.93 bits per heavy atom. The van der Waals surface area contributed by atoms with Crippen LogP contribution in [0, 0.1) is 0 Å². The first-order valence-corrected chi connectivity index (χ1v) is 14.7. The molecule has 0 unspecified atom stereocenters. The summed E-state index contributed by atoms with van der Waals surface area (Å²) in [7, 11) is 0. The van der Waals surface area contributed by atoms with Crippen LogP contribution in [-0.2, 0) is 0 Å². The second-order valence-electron chi connectivity index (χ2n) is 11.3. The first-order chi connectivity index (χ1) is 21.3. The minimum absolute atomic E-state index is 0.883. The Hall–Kier alpha value is -5.80. The average Bonchev–Trinajstić information content (AvgIpc) is 3.60. The Morgan fingerprint density at radius 1 is 0.419 bits per heavy atom. The highest BCUT2D eigenvalue weighted by Gasteiger charge is 2.25. The molecule has 2 aromatic heterocycles. The molecule has 0 fully saturated rings. The minimum Gasteiger partial charge on any atom is -0.453 e. The van der Waals surface area contributed by atoms with Gasteiger partial charge in [0, 0.05) is 27.2 Å². The van der Waals surface area contributed by atoms with Crippen LogP contribution >= 0.6 is 0 Å². The zero-order valence-corrected chi connectivity index (χ0v) is 23.2. The molecule has 9 aromatic rings. The van der Waals surface area contributed by atoms with Crippen molar-refractivity contribution >= 4 is 54.4 Å². The molecule has 200 valence electrons. The van der Waals surface area contributed by atoms with Crippen molar-refractivity contribution in [2.75, 3.05) is 0 Å². The lowest BCUT2D eigenvalue weighted by atomic mass is 9.98. The van der Waals surface area contributed by atoms with Crippen molar-refractivity contribution < 1.29 is 4.74 Å². The number of ether oxygens (including phenoxy) is 1. The van der Waals surface area contributed by atoms with Crippen molar-refractivity contribution in [1.29, 1.82) is 0 Å². The number of fused-ring (bicyclic) bond motifs is 10. The molecule has 0 saturated carbocycles. The molecule has 0 amide bonds. The van der Waals surface area contributed by atoms with Gasteiger partial charge in [0.05, 0.1) is 27.8 Å². The van der Waals surface area contributed by atoms with Gasteiger partial charge in [0.1, 0.15) is 0 Å². The van der Waals surface area contributed by atoms with Crippen LogP contribution in [0.1, 0.15) is 0 Å². The van der Waals surface area contributed by atoms with Gasteiger partial charge in [0.25, 0.3) is 0 Å². The lowest BCUT2D eigenvalue weighted by Gasteiger charge is -2.21. The number of hydrogen-bond acceptors (Lipinski definition) is 1. The van der Waals surface area contributed by atoms with Crippen LogP contribution in [0.25, 0.3) is 76.9 Å². The predicted molar refractivity (Wildman–Crippen MR) is 178 cm³/mol. The third-order valence-electron chi connectivity index (χ3n) is 9.10. The Balaban J connectivity index is 1.20. The molecule has 0 atom stereocenters. The van der Waals surface area contributed by atoms with Crippen LogP contribution in [0.15, 0.2) is 146 Å². The van der Waals surface area contributed by atoms with Crippen molar-refractivity contribution in [1.82, 2.24) is 9.13 Å². The molecule has 0 bridgehead atoms. The van der Waals surface area contributed by atoms with Gasteiger partial charge in [0.15, 0.2) is 11.5 Å². The average molecular weight is 549 g/mol. The largest absolute Gasteiger partial charge is 0.453 e. The van der Waals surface area contributed by atoms with Gasteiger partial charge in [-0.3, -0.25) is 0 Å². The third-order valence-corrected chi connectivity index (χ3v) is 9.10. The zero-order valence-electron chi connectivity index (χ0n) is 23.2. The van der Waals surface area contributed by atoms with Gasteiger partial charge in [-0.25, -0.2) is 0 Å². The lowest BCUT2D eigenvalue weighted by Crippen LogP contribution is -2.03. The highest BCUT2D eigenvalue weighted by molar-refractivity contribution is 6.21. The Bertz CT molecular complexity index is 2580. The highest BCUT2D eigenvalue weighted by Crippen LogP contribution is 2.48. The van der Waals surface area contributed by atoms with E-state index in [0.29, 0.717) is 0 Å². The van der Waals surface area contributed by atoms with E-state index in [9.17, 15) is 0 Å². The summed E-state index contributed by atoms with van der Waals surface area (Å²) in [4.78, 5) is 0. The second kappa shape index (κ2) is 8.37. The maximum absolute atomic E-state index is 6.43. The summed E-state index contributed by atoms with van der Waals surface area (Å²) >= 11 is 0. The van der Waals surface area contributed by atoms with Crippen LogP contribution < -0.4 is 4.74 Å².